The Morgan fingerprint density at radius 2 is 1.77 bits per heavy atom. The molecule has 4 heterocycles. The van der Waals surface area contributed by atoms with Crippen molar-refractivity contribution >= 4 is 28.4 Å². The van der Waals surface area contributed by atoms with Crippen LogP contribution < -0.4 is 14.5 Å². The number of aromatic nitrogens is 2. The molecule has 0 N–H and O–H groups in total. The Labute approximate surface area is 282 Å². The summed E-state index contributed by atoms with van der Waals surface area (Å²) >= 11 is 0. The van der Waals surface area contributed by atoms with Crippen LogP contribution in [-0.2, 0) is 24.3 Å². The number of nitrogens with zero attached hydrogens (tertiary/aromatic N) is 7. The summed E-state index contributed by atoms with van der Waals surface area (Å²) in [5, 5.41) is 12.2. The molecule has 3 aliphatic rings. The van der Waals surface area contributed by atoms with Crippen LogP contribution in [0.1, 0.15) is 43.0 Å². The molecule has 0 unspecified atom stereocenters. The first-order chi connectivity index (χ1) is 23.6. The first-order valence-corrected chi connectivity index (χ1v) is 17.2. The zero-order valence-electron chi connectivity index (χ0n) is 27.6. The maximum absolute atomic E-state index is 13.2. The molecule has 0 spiro atoms. The van der Waals surface area contributed by atoms with E-state index in [1.54, 1.807) is 4.90 Å². The fourth-order valence-electron chi connectivity index (χ4n) is 7.45. The highest BCUT2D eigenvalue weighted by Crippen LogP contribution is 2.35. The minimum absolute atomic E-state index is 0.197. The van der Waals surface area contributed by atoms with Gasteiger partial charge in [0.1, 0.15) is 19.0 Å². The van der Waals surface area contributed by atoms with Crippen molar-refractivity contribution in [1.82, 2.24) is 19.8 Å². The maximum Gasteiger partial charge on any atom is 0.410 e. The number of likely N-dealkylation sites (tertiary alicyclic amines) is 1. The molecule has 248 valence electrons. The van der Waals surface area contributed by atoms with Crippen LogP contribution in [0, 0.1) is 11.3 Å². The molecule has 3 aromatic carbocycles. The van der Waals surface area contributed by atoms with Crippen molar-refractivity contribution in [3.63, 3.8) is 0 Å². The highest BCUT2D eigenvalue weighted by Gasteiger charge is 2.35. The first kappa shape index (κ1) is 31.7. The average Bonchev–Trinajstić information content (AvgIpc) is 3.60. The molecule has 0 aliphatic carbocycles. The molecule has 48 heavy (non-hydrogen) atoms. The van der Waals surface area contributed by atoms with Crippen molar-refractivity contribution < 1.29 is 14.3 Å². The van der Waals surface area contributed by atoms with Gasteiger partial charge in [-0.3, -0.25) is 4.90 Å². The van der Waals surface area contributed by atoms with E-state index in [0.717, 1.165) is 55.1 Å². The van der Waals surface area contributed by atoms with E-state index in [1.807, 2.05) is 30.3 Å². The lowest BCUT2D eigenvalue weighted by molar-refractivity contribution is 0.0767. The first-order valence-electron chi connectivity index (χ1n) is 17.2. The van der Waals surface area contributed by atoms with Gasteiger partial charge in [0.05, 0.1) is 30.8 Å². The number of ether oxygens (including phenoxy) is 2. The van der Waals surface area contributed by atoms with Gasteiger partial charge in [-0.25, -0.2) is 4.79 Å². The number of benzene rings is 3. The molecular formula is C38H43N7O3. The Hall–Kier alpha value is -4.88. The lowest BCUT2D eigenvalue weighted by atomic mass is 10.0. The predicted octanol–water partition coefficient (Wildman–Crippen LogP) is 5.80. The van der Waals surface area contributed by atoms with Gasteiger partial charge in [0, 0.05) is 48.9 Å². The number of piperazine rings is 1. The largest absolute Gasteiger partial charge is 0.462 e. The van der Waals surface area contributed by atoms with Crippen LogP contribution in [0.5, 0.6) is 6.01 Å². The number of carbonyl (C=O) groups is 1. The zero-order chi connectivity index (χ0) is 32.9. The van der Waals surface area contributed by atoms with E-state index in [2.05, 4.69) is 70.2 Å². The molecule has 10 heteroatoms. The van der Waals surface area contributed by atoms with Gasteiger partial charge >= 0.3 is 12.1 Å². The van der Waals surface area contributed by atoms with Gasteiger partial charge in [-0.15, -0.1) is 0 Å². The Kier molecular flexibility index (Phi) is 9.57. The van der Waals surface area contributed by atoms with Gasteiger partial charge in [-0.05, 0) is 49.4 Å². The maximum atomic E-state index is 13.2. The topological polar surface area (TPSA) is 98.1 Å². The minimum Gasteiger partial charge on any atom is -0.462 e. The SMILES string of the molecule is CCN1CCC[C@@H]1COc1nc2c(c(N3CCN(C(=O)OCc4ccccc4)[C@@H](CC#N)C3)n1)CCN(c1cccc3ccccc13)C2. The fraction of sp³-hybridized carbons (Fsp3) is 0.421. The molecular weight excluding hydrogens is 602 g/mol. The molecule has 0 radical (unpaired) electrons. The number of likely N-dealkylation sites (N-methyl/N-ethyl adjacent to an activating group) is 1. The molecule has 2 saturated heterocycles. The summed E-state index contributed by atoms with van der Waals surface area (Å²) in [6.07, 6.45) is 2.88. The second-order valence-electron chi connectivity index (χ2n) is 12.9. The van der Waals surface area contributed by atoms with E-state index in [9.17, 15) is 10.1 Å². The van der Waals surface area contributed by atoms with Crippen molar-refractivity contribution in [2.45, 2.75) is 57.8 Å². The Bertz CT molecular complexity index is 1770. The second kappa shape index (κ2) is 14.5. The van der Waals surface area contributed by atoms with Crippen LogP contribution in [0.25, 0.3) is 10.8 Å². The second-order valence-corrected chi connectivity index (χ2v) is 12.9. The molecule has 3 aliphatic heterocycles. The van der Waals surface area contributed by atoms with Crippen LogP contribution in [0.4, 0.5) is 16.3 Å². The number of amides is 1. The highest BCUT2D eigenvalue weighted by molar-refractivity contribution is 5.94. The zero-order valence-corrected chi connectivity index (χ0v) is 27.6. The summed E-state index contributed by atoms with van der Waals surface area (Å²) in [7, 11) is 0. The summed E-state index contributed by atoms with van der Waals surface area (Å²) in [5.41, 5.74) is 4.21. The monoisotopic (exact) mass is 645 g/mol. The van der Waals surface area contributed by atoms with Gasteiger partial charge in [-0.2, -0.15) is 15.2 Å². The number of nitriles is 1. The fourth-order valence-corrected chi connectivity index (χ4v) is 7.45. The van der Waals surface area contributed by atoms with E-state index < -0.39 is 6.09 Å². The van der Waals surface area contributed by atoms with Crippen molar-refractivity contribution in [3.8, 4) is 12.1 Å². The number of hydrogen-bond acceptors (Lipinski definition) is 9. The molecule has 1 aromatic heterocycles. The van der Waals surface area contributed by atoms with Gasteiger partial charge in [0.15, 0.2) is 0 Å². The lowest BCUT2D eigenvalue weighted by Crippen LogP contribution is -2.55. The Morgan fingerprint density at radius 1 is 0.938 bits per heavy atom. The van der Waals surface area contributed by atoms with Crippen molar-refractivity contribution in [3.05, 3.63) is 89.6 Å². The van der Waals surface area contributed by atoms with Crippen LogP contribution in [0.3, 0.4) is 0 Å². The summed E-state index contributed by atoms with van der Waals surface area (Å²) in [4.78, 5) is 32.1. The molecule has 4 aromatic rings. The van der Waals surface area contributed by atoms with Crippen LogP contribution in [0.2, 0.25) is 0 Å². The van der Waals surface area contributed by atoms with E-state index in [-0.39, 0.29) is 19.1 Å². The third-order valence-electron chi connectivity index (χ3n) is 9.99. The summed E-state index contributed by atoms with van der Waals surface area (Å²) < 4.78 is 12.1. The molecule has 10 nitrogen and oxygen atoms in total. The third-order valence-corrected chi connectivity index (χ3v) is 9.99. The Morgan fingerprint density at radius 3 is 2.62 bits per heavy atom. The quantitative estimate of drug-likeness (QED) is 0.224. The van der Waals surface area contributed by atoms with Crippen molar-refractivity contribution in [2.24, 2.45) is 0 Å². The standard InChI is InChI=1S/C38H43N7O3/c1-2-42-20-9-14-31(42)27-47-37-40-34-25-43(35-16-8-13-29-12-6-7-15-32(29)35)21-18-33(34)36(41-37)44-22-23-45(30(24-44)17-19-39)38(46)48-26-28-10-4-3-5-11-28/h3-8,10-13,15-16,30-31H,2,9,14,17-18,20-27H2,1H3/t30-,31+/m0/s1. The number of fused-ring (bicyclic) bond motifs is 2. The molecule has 2 atom stereocenters. The van der Waals surface area contributed by atoms with Gasteiger partial charge < -0.3 is 24.2 Å². The molecule has 1 amide bonds. The number of anilines is 2. The minimum atomic E-state index is -0.393. The Balaban J connectivity index is 1.15. The van der Waals surface area contributed by atoms with E-state index >= 15 is 0 Å². The van der Waals surface area contributed by atoms with Crippen molar-refractivity contribution in [1.29, 1.82) is 5.26 Å². The van der Waals surface area contributed by atoms with E-state index in [4.69, 9.17) is 19.4 Å². The summed E-state index contributed by atoms with van der Waals surface area (Å²) in [5.74, 6) is 0.853. The molecule has 7 rings (SSSR count). The van der Waals surface area contributed by atoms with E-state index in [0.29, 0.717) is 44.8 Å². The smallest absolute Gasteiger partial charge is 0.410 e. The van der Waals surface area contributed by atoms with E-state index in [1.165, 1.54) is 22.9 Å². The average molecular weight is 646 g/mol. The van der Waals surface area contributed by atoms with Crippen molar-refractivity contribution in [2.75, 3.05) is 55.7 Å². The molecule has 0 saturated carbocycles. The normalized spacial score (nSPS) is 19.6. The number of hydrogen-bond donors (Lipinski definition) is 0. The summed E-state index contributed by atoms with van der Waals surface area (Å²) in [6, 6.07) is 27.3. The molecule has 2 fully saturated rings. The van der Waals surface area contributed by atoms with Crippen LogP contribution >= 0.6 is 0 Å². The number of carbonyl (C=O) groups excluding carboxylic acids is 1. The summed E-state index contributed by atoms with van der Waals surface area (Å²) in [6.45, 7) is 8.02. The van der Waals surface area contributed by atoms with Gasteiger partial charge in [0.25, 0.3) is 0 Å². The number of rotatable bonds is 9. The van der Waals surface area contributed by atoms with Crippen LogP contribution in [-0.4, -0.2) is 83.8 Å². The van der Waals surface area contributed by atoms with Gasteiger partial charge in [0.2, 0.25) is 0 Å². The predicted molar refractivity (Wildman–Crippen MR) is 186 cm³/mol. The highest BCUT2D eigenvalue weighted by atomic mass is 16.6. The lowest BCUT2D eigenvalue weighted by Gasteiger charge is -2.42. The molecule has 0 bridgehead atoms. The van der Waals surface area contributed by atoms with Gasteiger partial charge in [-0.1, -0.05) is 73.7 Å². The third kappa shape index (κ3) is 6.74. The van der Waals surface area contributed by atoms with Crippen LogP contribution in [0.15, 0.2) is 72.8 Å².